The summed E-state index contributed by atoms with van der Waals surface area (Å²) >= 11 is 0. The second-order valence-corrected chi connectivity index (χ2v) is 4.68. The number of nitrogens with zero attached hydrogens (tertiary/aromatic N) is 2. The molecule has 0 amide bonds. The van der Waals surface area contributed by atoms with Crippen molar-refractivity contribution in [3.8, 4) is 0 Å². The van der Waals surface area contributed by atoms with Crippen LogP contribution in [-0.4, -0.2) is 23.6 Å². The third kappa shape index (κ3) is 2.43. The lowest BCUT2D eigenvalue weighted by Crippen LogP contribution is -2.15. The van der Waals surface area contributed by atoms with Crippen LogP contribution in [0.2, 0.25) is 0 Å². The second kappa shape index (κ2) is 4.28. The van der Waals surface area contributed by atoms with Gasteiger partial charge < -0.3 is 10.6 Å². The van der Waals surface area contributed by atoms with E-state index in [-0.39, 0.29) is 0 Å². The Bertz CT molecular complexity index is 371. The van der Waals surface area contributed by atoms with Gasteiger partial charge in [-0.3, -0.25) is 0 Å². The second-order valence-electron chi connectivity index (χ2n) is 4.68. The minimum atomic E-state index is 0.540. The molecule has 4 nitrogen and oxygen atoms in total. The zero-order valence-electron chi connectivity index (χ0n) is 10.3. The fourth-order valence-corrected chi connectivity index (χ4v) is 1.88. The van der Waals surface area contributed by atoms with Crippen molar-refractivity contribution in [2.75, 3.05) is 24.2 Å². The normalized spacial score (nSPS) is 16.9. The maximum atomic E-state index is 4.38. The number of hydrogen-bond donors (Lipinski definition) is 2. The van der Waals surface area contributed by atoms with Gasteiger partial charge in [-0.05, 0) is 31.6 Å². The molecule has 1 saturated carbocycles. The largest absolute Gasteiger partial charge is 0.369 e. The minimum absolute atomic E-state index is 0.540. The molecule has 1 aromatic heterocycles. The summed E-state index contributed by atoms with van der Waals surface area (Å²) in [7, 11) is 1.84. The predicted octanol–water partition coefficient (Wildman–Crippen LogP) is 2.43. The molecule has 0 spiro atoms. The molecule has 0 aromatic carbocycles. The van der Waals surface area contributed by atoms with E-state index >= 15 is 0 Å². The monoisotopic (exact) mass is 220 g/mol. The lowest BCUT2D eigenvalue weighted by Gasteiger charge is -2.14. The van der Waals surface area contributed by atoms with Gasteiger partial charge in [0.15, 0.2) is 0 Å². The Kier molecular flexibility index (Phi) is 2.99. The lowest BCUT2D eigenvalue weighted by molar-refractivity contribution is 0.520. The zero-order chi connectivity index (χ0) is 11.6. The summed E-state index contributed by atoms with van der Waals surface area (Å²) in [5, 5.41) is 6.40. The third-order valence-corrected chi connectivity index (χ3v) is 3.43. The predicted molar refractivity (Wildman–Crippen MR) is 66.8 cm³/mol. The third-order valence-electron chi connectivity index (χ3n) is 3.43. The Hall–Kier alpha value is -1.32. The van der Waals surface area contributed by atoms with Gasteiger partial charge in [0, 0.05) is 25.4 Å². The van der Waals surface area contributed by atoms with Gasteiger partial charge in [0.1, 0.15) is 5.82 Å². The number of rotatable bonds is 5. The van der Waals surface area contributed by atoms with E-state index in [9.17, 15) is 0 Å². The van der Waals surface area contributed by atoms with E-state index in [1.807, 2.05) is 20.0 Å². The molecule has 0 radical (unpaired) electrons. The Labute approximate surface area is 96.9 Å². The summed E-state index contributed by atoms with van der Waals surface area (Å²) in [6.45, 7) is 5.28. The van der Waals surface area contributed by atoms with Gasteiger partial charge in [-0.1, -0.05) is 6.92 Å². The maximum Gasteiger partial charge on any atom is 0.224 e. The van der Waals surface area contributed by atoms with Gasteiger partial charge in [-0.25, -0.2) is 4.98 Å². The highest BCUT2D eigenvalue weighted by Gasteiger charge is 2.40. The summed E-state index contributed by atoms with van der Waals surface area (Å²) in [5.74, 6) is 1.61. The first-order valence-electron chi connectivity index (χ1n) is 5.95. The van der Waals surface area contributed by atoms with Crippen LogP contribution in [0.25, 0.3) is 0 Å². The van der Waals surface area contributed by atoms with Crippen LogP contribution in [0.15, 0.2) is 6.07 Å². The molecule has 16 heavy (non-hydrogen) atoms. The Morgan fingerprint density at radius 1 is 1.38 bits per heavy atom. The van der Waals surface area contributed by atoms with Crippen LogP contribution in [0.3, 0.4) is 0 Å². The maximum absolute atomic E-state index is 4.38. The van der Waals surface area contributed by atoms with E-state index in [1.165, 1.54) is 19.3 Å². The van der Waals surface area contributed by atoms with Crippen LogP contribution >= 0.6 is 0 Å². The number of aryl methyl sites for hydroxylation is 1. The van der Waals surface area contributed by atoms with E-state index < -0.39 is 0 Å². The molecule has 0 atom stereocenters. The molecule has 1 aliphatic carbocycles. The highest BCUT2D eigenvalue weighted by atomic mass is 15.1. The van der Waals surface area contributed by atoms with E-state index in [0.717, 1.165) is 18.1 Å². The number of anilines is 2. The van der Waals surface area contributed by atoms with E-state index in [2.05, 4.69) is 27.5 Å². The van der Waals surface area contributed by atoms with E-state index in [4.69, 9.17) is 0 Å². The lowest BCUT2D eigenvalue weighted by atomic mass is 10.0. The Morgan fingerprint density at radius 2 is 2.12 bits per heavy atom. The van der Waals surface area contributed by atoms with Crippen LogP contribution < -0.4 is 10.6 Å². The van der Waals surface area contributed by atoms with Crippen molar-refractivity contribution in [2.24, 2.45) is 5.41 Å². The Balaban J connectivity index is 2.01. The molecule has 2 N–H and O–H groups in total. The van der Waals surface area contributed by atoms with Gasteiger partial charge in [-0.15, -0.1) is 0 Å². The molecular formula is C12H20N4. The van der Waals surface area contributed by atoms with Crippen molar-refractivity contribution >= 4 is 11.8 Å². The van der Waals surface area contributed by atoms with Crippen molar-refractivity contribution in [1.82, 2.24) is 9.97 Å². The first-order chi connectivity index (χ1) is 7.67. The molecule has 88 valence electrons. The van der Waals surface area contributed by atoms with Crippen molar-refractivity contribution in [2.45, 2.75) is 33.1 Å². The summed E-state index contributed by atoms with van der Waals surface area (Å²) < 4.78 is 0. The van der Waals surface area contributed by atoms with Crippen molar-refractivity contribution < 1.29 is 0 Å². The summed E-state index contributed by atoms with van der Waals surface area (Å²) in [4.78, 5) is 8.65. The van der Waals surface area contributed by atoms with Crippen LogP contribution in [0, 0.1) is 12.3 Å². The fourth-order valence-electron chi connectivity index (χ4n) is 1.88. The quantitative estimate of drug-likeness (QED) is 0.800. The molecule has 1 heterocycles. The highest BCUT2D eigenvalue weighted by Crippen LogP contribution is 2.48. The van der Waals surface area contributed by atoms with Crippen LogP contribution in [0.5, 0.6) is 0 Å². The van der Waals surface area contributed by atoms with E-state index in [0.29, 0.717) is 11.4 Å². The highest BCUT2D eigenvalue weighted by molar-refractivity contribution is 5.42. The first-order valence-corrected chi connectivity index (χ1v) is 5.95. The minimum Gasteiger partial charge on any atom is -0.369 e. The topological polar surface area (TPSA) is 49.8 Å². The van der Waals surface area contributed by atoms with E-state index in [1.54, 1.807) is 0 Å². The molecule has 1 aromatic rings. The molecule has 0 unspecified atom stereocenters. The van der Waals surface area contributed by atoms with Gasteiger partial charge in [0.05, 0.1) is 0 Å². The molecule has 0 aliphatic heterocycles. The molecule has 2 rings (SSSR count). The van der Waals surface area contributed by atoms with Crippen molar-refractivity contribution in [1.29, 1.82) is 0 Å². The average Bonchev–Trinajstić information content (AvgIpc) is 3.06. The number of aromatic nitrogens is 2. The SMILES string of the molecule is CCC1(CNc2cc(C)nc(NC)n2)CC1. The van der Waals surface area contributed by atoms with Crippen molar-refractivity contribution in [3.63, 3.8) is 0 Å². The zero-order valence-corrected chi connectivity index (χ0v) is 10.3. The van der Waals surface area contributed by atoms with Gasteiger partial charge >= 0.3 is 0 Å². The van der Waals surface area contributed by atoms with Crippen LogP contribution in [0.1, 0.15) is 31.9 Å². The average molecular weight is 220 g/mol. The van der Waals surface area contributed by atoms with Crippen LogP contribution in [0.4, 0.5) is 11.8 Å². The van der Waals surface area contributed by atoms with Gasteiger partial charge in [-0.2, -0.15) is 4.98 Å². The first kappa shape index (κ1) is 11.2. The molecule has 4 heteroatoms. The number of nitrogens with one attached hydrogen (secondary N) is 2. The molecule has 0 saturated heterocycles. The molecular weight excluding hydrogens is 200 g/mol. The summed E-state index contributed by atoms with van der Waals surface area (Å²) in [6.07, 6.45) is 3.95. The fraction of sp³-hybridized carbons (Fsp3) is 0.667. The molecule has 0 bridgehead atoms. The standard InChI is InChI=1S/C12H20N4/c1-4-12(5-6-12)8-14-10-7-9(2)15-11(13-3)16-10/h7H,4-6,8H2,1-3H3,(H2,13,14,15,16). The smallest absolute Gasteiger partial charge is 0.224 e. The summed E-state index contributed by atoms with van der Waals surface area (Å²) in [5.41, 5.74) is 1.53. The van der Waals surface area contributed by atoms with Gasteiger partial charge in [0.25, 0.3) is 0 Å². The molecule has 1 fully saturated rings. The van der Waals surface area contributed by atoms with Crippen molar-refractivity contribution in [3.05, 3.63) is 11.8 Å². The van der Waals surface area contributed by atoms with Crippen LogP contribution in [-0.2, 0) is 0 Å². The Morgan fingerprint density at radius 3 is 2.69 bits per heavy atom. The number of hydrogen-bond acceptors (Lipinski definition) is 4. The molecule has 1 aliphatic rings. The summed E-state index contributed by atoms with van der Waals surface area (Å²) in [6, 6.07) is 1.99. The van der Waals surface area contributed by atoms with Gasteiger partial charge in [0.2, 0.25) is 5.95 Å².